The second kappa shape index (κ2) is 8.20. The molecule has 26 heavy (non-hydrogen) atoms. The van der Waals surface area contributed by atoms with Crippen molar-refractivity contribution in [3.8, 4) is 0 Å². The molecule has 1 aliphatic rings. The number of rotatable bonds is 4. The molecule has 1 saturated heterocycles. The first-order valence-corrected chi connectivity index (χ1v) is 9.08. The summed E-state index contributed by atoms with van der Waals surface area (Å²) < 4.78 is 5.33. The second-order valence-electron chi connectivity index (χ2n) is 6.20. The van der Waals surface area contributed by atoms with Gasteiger partial charge < -0.3 is 14.6 Å². The number of carbonyl (C=O) groups excluding carboxylic acids is 1. The van der Waals surface area contributed by atoms with Crippen LogP contribution >= 0.6 is 23.2 Å². The minimum absolute atomic E-state index is 0.00128. The summed E-state index contributed by atoms with van der Waals surface area (Å²) >= 11 is 12.3. The van der Waals surface area contributed by atoms with Crippen molar-refractivity contribution in [2.45, 2.75) is 25.4 Å². The molecule has 1 fully saturated rings. The summed E-state index contributed by atoms with van der Waals surface area (Å²) in [5, 5.41) is 0.999. The largest absolute Gasteiger partial charge is 0.380 e. The van der Waals surface area contributed by atoms with E-state index in [0.29, 0.717) is 34.5 Å². The first-order valence-electron chi connectivity index (χ1n) is 8.32. The fourth-order valence-corrected chi connectivity index (χ4v) is 3.56. The molecule has 0 saturated carbocycles. The van der Waals surface area contributed by atoms with Gasteiger partial charge in [-0.2, -0.15) is 0 Å². The Balaban J connectivity index is 1.79. The smallest absolute Gasteiger partial charge is 0.263 e. The first kappa shape index (κ1) is 18.9. The lowest BCUT2D eigenvalue weighted by atomic mass is 10.1. The number of hydrogen-bond donors (Lipinski definition) is 1. The van der Waals surface area contributed by atoms with Crippen molar-refractivity contribution in [3.63, 3.8) is 0 Å². The molecule has 2 heterocycles. The van der Waals surface area contributed by atoms with E-state index in [1.807, 2.05) is 0 Å². The zero-order chi connectivity index (χ0) is 18.7. The number of halogens is 2. The second-order valence-corrected chi connectivity index (χ2v) is 7.02. The number of carbonyl (C=O) groups is 1. The van der Waals surface area contributed by atoms with Gasteiger partial charge >= 0.3 is 0 Å². The summed E-state index contributed by atoms with van der Waals surface area (Å²) in [5.41, 5.74) is 0.232. The lowest BCUT2D eigenvalue weighted by Gasteiger charge is -2.31. The normalized spacial score (nSPS) is 17.3. The van der Waals surface area contributed by atoms with Crippen LogP contribution in [0.4, 0.5) is 0 Å². The van der Waals surface area contributed by atoms with Crippen LogP contribution in [0.15, 0.2) is 29.2 Å². The van der Waals surface area contributed by atoms with Gasteiger partial charge in [0.05, 0.1) is 6.10 Å². The molecular weight excluding hydrogens is 377 g/mol. The Morgan fingerprint density at radius 1 is 1.38 bits per heavy atom. The van der Waals surface area contributed by atoms with Crippen molar-refractivity contribution in [2.75, 3.05) is 20.2 Å². The molecule has 0 radical (unpaired) electrons. The number of nitrogens with one attached hydrogen (secondary N) is 1. The molecule has 1 aromatic heterocycles. The van der Waals surface area contributed by atoms with E-state index >= 15 is 0 Å². The van der Waals surface area contributed by atoms with Gasteiger partial charge in [0, 0.05) is 42.9 Å². The quantitative estimate of drug-likeness (QED) is 0.863. The number of amides is 1. The predicted molar refractivity (Wildman–Crippen MR) is 100 cm³/mol. The average molecular weight is 396 g/mol. The van der Waals surface area contributed by atoms with Crippen molar-refractivity contribution >= 4 is 29.1 Å². The Bertz CT molecular complexity index is 849. The molecule has 0 aliphatic carbocycles. The van der Waals surface area contributed by atoms with Crippen LogP contribution in [0.25, 0.3) is 0 Å². The maximum atomic E-state index is 12.6. The number of aromatic amines is 1. The summed E-state index contributed by atoms with van der Waals surface area (Å²) in [6, 6.07) is 5.20. The first-order chi connectivity index (χ1) is 12.5. The van der Waals surface area contributed by atoms with Crippen LogP contribution in [0, 0.1) is 0 Å². The van der Waals surface area contributed by atoms with E-state index < -0.39 is 5.56 Å². The van der Waals surface area contributed by atoms with Crippen molar-refractivity contribution in [3.05, 3.63) is 61.7 Å². The number of nitrogens with zero attached hydrogens (tertiary/aromatic N) is 2. The SMILES string of the molecule is CO[C@H]1CCCN(C(=O)c2cnc(Cc3c(Cl)cccc3Cl)[nH]c2=O)C1. The maximum absolute atomic E-state index is 12.6. The van der Waals surface area contributed by atoms with E-state index in [2.05, 4.69) is 9.97 Å². The third-order valence-corrected chi connectivity index (χ3v) is 5.20. The standard InChI is InChI=1S/C18H19Cl2N3O3/c1-26-11-4-3-7-23(10-11)18(25)13-9-21-16(22-17(13)24)8-12-14(19)5-2-6-15(12)20/h2,5-6,9,11H,3-4,7-8,10H2,1H3,(H,21,22,24)/t11-/m0/s1. The Morgan fingerprint density at radius 2 is 2.12 bits per heavy atom. The van der Waals surface area contributed by atoms with E-state index in [0.717, 1.165) is 12.8 Å². The molecule has 1 atom stereocenters. The van der Waals surface area contributed by atoms with Gasteiger partial charge in [-0.25, -0.2) is 4.98 Å². The monoisotopic (exact) mass is 395 g/mol. The topological polar surface area (TPSA) is 75.3 Å². The van der Waals surface area contributed by atoms with Crippen molar-refractivity contribution in [1.82, 2.24) is 14.9 Å². The van der Waals surface area contributed by atoms with E-state index in [1.54, 1.807) is 30.2 Å². The minimum Gasteiger partial charge on any atom is -0.380 e. The highest BCUT2D eigenvalue weighted by molar-refractivity contribution is 6.36. The van der Waals surface area contributed by atoms with Gasteiger partial charge in [-0.1, -0.05) is 29.3 Å². The van der Waals surface area contributed by atoms with E-state index in [9.17, 15) is 9.59 Å². The third-order valence-electron chi connectivity index (χ3n) is 4.49. The van der Waals surface area contributed by atoms with Gasteiger partial charge in [0.15, 0.2) is 0 Å². The summed E-state index contributed by atoms with van der Waals surface area (Å²) in [4.78, 5) is 33.5. The Kier molecular flexibility index (Phi) is 5.96. The van der Waals surface area contributed by atoms with Crippen LogP contribution in [0.2, 0.25) is 10.0 Å². The molecule has 8 heteroatoms. The fourth-order valence-electron chi connectivity index (χ4n) is 3.03. The summed E-state index contributed by atoms with van der Waals surface area (Å²) in [6.45, 7) is 1.08. The van der Waals surface area contributed by atoms with Crippen molar-refractivity contribution in [2.24, 2.45) is 0 Å². The molecule has 138 valence electrons. The minimum atomic E-state index is -0.470. The van der Waals surface area contributed by atoms with E-state index in [1.165, 1.54) is 6.20 Å². The van der Waals surface area contributed by atoms with E-state index in [4.69, 9.17) is 27.9 Å². The highest BCUT2D eigenvalue weighted by atomic mass is 35.5. The predicted octanol–water partition coefficient (Wildman–Crippen LogP) is 2.92. The summed E-state index contributed by atoms with van der Waals surface area (Å²) in [5.74, 6) is 0.0674. The molecule has 0 spiro atoms. The highest BCUT2D eigenvalue weighted by Crippen LogP contribution is 2.25. The molecule has 6 nitrogen and oxygen atoms in total. The summed E-state index contributed by atoms with van der Waals surface area (Å²) in [6.07, 6.45) is 3.35. The Labute approximate surface area is 161 Å². The van der Waals surface area contributed by atoms with Crippen LogP contribution in [-0.4, -0.2) is 47.1 Å². The number of piperidine rings is 1. The maximum Gasteiger partial charge on any atom is 0.263 e. The molecule has 1 amide bonds. The van der Waals surface area contributed by atoms with Crippen LogP contribution in [-0.2, 0) is 11.2 Å². The number of likely N-dealkylation sites (tertiary alicyclic amines) is 1. The molecule has 1 aromatic carbocycles. The molecule has 0 bridgehead atoms. The Morgan fingerprint density at radius 3 is 2.77 bits per heavy atom. The molecule has 2 aromatic rings. The molecular formula is C18H19Cl2N3O3. The van der Waals surface area contributed by atoms with Crippen molar-refractivity contribution in [1.29, 1.82) is 0 Å². The van der Waals surface area contributed by atoms with E-state index in [-0.39, 0.29) is 24.0 Å². The zero-order valence-corrected chi connectivity index (χ0v) is 15.8. The van der Waals surface area contributed by atoms with Crippen LogP contribution in [0.5, 0.6) is 0 Å². The molecule has 1 aliphatic heterocycles. The van der Waals surface area contributed by atoms with Gasteiger partial charge in [-0.15, -0.1) is 0 Å². The van der Waals surface area contributed by atoms with Gasteiger partial charge in [0.2, 0.25) is 0 Å². The number of ether oxygens (including phenoxy) is 1. The number of benzene rings is 1. The van der Waals surface area contributed by atoms with Crippen molar-refractivity contribution < 1.29 is 9.53 Å². The fraction of sp³-hybridized carbons (Fsp3) is 0.389. The Hall–Kier alpha value is -1.89. The molecule has 0 unspecified atom stereocenters. The number of methoxy groups -OCH3 is 1. The zero-order valence-electron chi connectivity index (χ0n) is 14.3. The van der Waals surface area contributed by atoms with Gasteiger partial charge in [0.1, 0.15) is 11.4 Å². The van der Waals surface area contributed by atoms with Crippen LogP contribution in [0.3, 0.4) is 0 Å². The number of aromatic nitrogens is 2. The average Bonchev–Trinajstić information content (AvgIpc) is 2.64. The number of hydrogen-bond acceptors (Lipinski definition) is 4. The molecule has 3 rings (SSSR count). The summed E-state index contributed by atoms with van der Waals surface area (Å²) in [7, 11) is 1.63. The van der Waals surface area contributed by atoms with Crippen LogP contribution < -0.4 is 5.56 Å². The van der Waals surface area contributed by atoms with Gasteiger partial charge in [0.25, 0.3) is 11.5 Å². The lowest BCUT2D eigenvalue weighted by Crippen LogP contribution is -2.44. The highest BCUT2D eigenvalue weighted by Gasteiger charge is 2.26. The molecule has 1 N–H and O–H groups in total. The van der Waals surface area contributed by atoms with Gasteiger partial charge in [-0.05, 0) is 30.5 Å². The van der Waals surface area contributed by atoms with Gasteiger partial charge in [-0.3, -0.25) is 9.59 Å². The lowest BCUT2D eigenvalue weighted by molar-refractivity contribution is 0.0267. The number of H-pyrrole nitrogens is 1. The van der Waals surface area contributed by atoms with Crippen LogP contribution in [0.1, 0.15) is 34.6 Å². The third kappa shape index (κ3) is 4.09.